The van der Waals surface area contributed by atoms with Crippen LogP contribution < -0.4 is 20.7 Å². The number of hydrogen-bond acceptors (Lipinski definition) is 4. The van der Waals surface area contributed by atoms with Gasteiger partial charge in [0.1, 0.15) is 5.75 Å². The first-order valence-electron chi connectivity index (χ1n) is 8.16. The number of rotatable bonds is 7. The second-order valence-corrected chi connectivity index (χ2v) is 5.48. The third-order valence-electron chi connectivity index (χ3n) is 3.30. The van der Waals surface area contributed by atoms with E-state index in [-0.39, 0.29) is 24.3 Å². The van der Waals surface area contributed by atoms with Gasteiger partial charge in [0.25, 0.3) is 11.8 Å². The van der Waals surface area contributed by atoms with Crippen molar-refractivity contribution >= 4 is 29.1 Å². The highest BCUT2D eigenvalue weighted by molar-refractivity contribution is 6.04. The van der Waals surface area contributed by atoms with Gasteiger partial charge < -0.3 is 20.7 Å². The summed E-state index contributed by atoms with van der Waals surface area (Å²) in [6.07, 6.45) is 0. The molecule has 26 heavy (non-hydrogen) atoms. The Morgan fingerprint density at radius 2 is 1.69 bits per heavy atom. The van der Waals surface area contributed by atoms with E-state index in [1.54, 1.807) is 48.5 Å². The molecule has 0 radical (unpaired) electrons. The van der Waals surface area contributed by atoms with Gasteiger partial charge >= 0.3 is 0 Å². The summed E-state index contributed by atoms with van der Waals surface area (Å²) in [5.74, 6) is -0.192. The highest BCUT2D eigenvalue weighted by atomic mass is 16.5. The maximum atomic E-state index is 12.3. The van der Waals surface area contributed by atoms with Crippen molar-refractivity contribution in [1.82, 2.24) is 5.32 Å². The molecule has 0 saturated carbocycles. The van der Waals surface area contributed by atoms with Crippen molar-refractivity contribution in [2.24, 2.45) is 0 Å². The Labute approximate surface area is 151 Å². The van der Waals surface area contributed by atoms with Crippen LogP contribution in [0.2, 0.25) is 0 Å². The number of hydrogen-bond donors (Lipinski definition) is 3. The summed E-state index contributed by atoms with van der Waals surface area (Å²) in [5.41, 5.74) is 1.62. The predicted molar refractivity (Wildman–Crippen MR) is 99.3 cm³/mol. The molecular formula is C19H21N3O4. The van der Waals surface area contributed by atoms with Crippen LogP contribution >= 0.6 is 0 Å². The van der Waals surface area contributed by atoms with Crippen LogP contribution in [0, 0.1) is 0 Å². The molecule has 0 aliphatic carbocycles. The predicted octanol–water partition coefficient (Wildman–Crippen LogP) is 2.41. The van der Waals surface area contributed by atoms with Gasteiger partial charge in [-0.15, -0.1) is 0 Å². The van der Waals surface area contributed by atoms with Crippen LogP contribution in [-0.2, 0) is 9.59 Å². The van der Waals surface area contributed by atoms with Gasteiger partial charge in [0.15, 0.2) is 6.61 Å². The third-order valence-corrected chi connectivity index (χ3v) is 3.30. The van der Waals surface area contributed by atoms with Crippen molar-refractivity contribution in [3.63, 3.8) is 0 Å². The lowest BCUT2D eigenvalue weighted by molar-refractivity contribution is -0.123. The van der Waals surface area contributed by atoms with E-state index in [0.717, 1.165) is 0 Å². The Balaban J connectivity index is 1.97. The summed E-state index contributed by atoms with van der Waals surface area (Å²) in [6.45, 7) is 3.70. The molecule has 0 aliphatic heterocycles. The van der Waals surface area contributed by atoms with E-state index in [9.17, 15) is 14.4 Å². The minimum absolute atomic E-state index is 0.0874. The van der Waals surface area contributed by atoms with E-state index in [1.807, 2.05) is 6.92 Å². The molecule has 7 nitrogen and oxygen atoms in total. The maximum Gasteiger partial charge on any atom is 0.257 e. The van der Waals surface area contributed by atoms with Crippen LogP contribution in [0.15, 0.2) is 48.5 Å². The van der Waals surface area contributed by atoms with E-state index in [1.165, 1.54) is 6.92 Å². The Hall–Kier alpha value is -3.35. The van der Waals surface area contributed by atoms with Crippen molar-refractivity contribution in [2.45, 2.75) is 13.8 Å². The normalized spacial score (nSPS) is 9.92. The lowest BCUT2D eigenvalue weighted by atomic mass is 10.2. The van der Waals surface area contributed by atoms with Gasteiger partial charge in [0, 0.05) is 36.5 Å². The number of likely N-dealkylation sites (N-methyl/N-ethyl adjacent to an activating group) is 1. The molecule has 0 bridgehead atoms. The lowest BCUT2D eigenvalue weighted by Crippen LogP contribution is -2.28. The maximum absolute atomic E-state index is 12.3. The Bertz CT molecular complexity index is 788. The number of benzene rings is 2. The minimum atomic E-state index is -0.291. The largest absolute Gasteiger partial charge is 0.484 e. The van der Waals surface area contributed by atoms with E-state index in [2.05, 4.69) is 16.0 Å². The molecule has 2 rings (SSSR count). The molecule has 0 aromatic heterocycles. The number of nitrogens with one attached hydrogen (secondary N) is 3. The number of ether oxygens (including phenoxy) is 1. The Morgan fingerprint density at radius 1 is 0.962 bits per heavy atom. The van der Waals surface area contributed by atoms with Crippen molar-refractivity contribution in [3.8, 4) is 5.75 Å². The summed E-state index contributed by atoms with van der Waals surface area (Å²) in [4.78, 5) is 34.7. The standard InChI is InChI=1S/C19H21N3O4/c1-3-20-18(24)12-26-17-6-4-5-16(11-17)22-19(25)14-7-9-15(10-8-14)21-13(2)23/h4-11H,3,12H2,1-2H3,(H,20,24)(H,21,23)(H,22,25). The summed E-state index contributed by atoms with van der Waals surface area (Å²) in [5, 5.41) is 8.05. The fraction of sp³-hybridized carbons (Fsp3) is 0.211. The van der Waals surface area contributed by atoms with Gasteiger partial charge in [-0.3, -0.25) is 14.4 Å². The molecule has 0 saturated heterocycles. The lowest BCUT2D eigenvalue weighted by Gasteiger charge is -2.09. The molecule has 7 heteroatoms. The first kappa shape index (κ1) is 19.0. The van der Waals surface area contributed by atoms with Gasteiger partial charge in [-0.1, -0.05) is 6.07 Å². The molecule has 0 atom stereocenters. The third kappa shape index (κ3) is 5.94. The molecule has 136 valence electrons. The van der Waals surface area contributed by atoms with Gasteiger partial charge in [0.05, 0.1) is 0 Å². The molecule has 3 amide bonds. The monoisotopic (exact) mass is 355 g/mol. The summed E-state index contributed by atoms with van der Waals surface area (Å²) in [6, 6.07) is 13.3. The molecule has 0 unspecified atom stereocenters. The van der Waals surface area contributed by atoms with Crippen molar-refractivity contribution in [1.29, 1.82) is 0 Å². The fourth-order valence-electron chi connectivity index (χ4n) is 2.17. The number of carbonyl (C=O) groups is 3. The van der Waals surface area contributed by atoms with E-state index in [4.69, 9.17) is 4.74 Å². The second-order valence-electron chi connectivity index (χ2n) is 5.48. The quantitative estimate of drug-likeness (QED) is 0.710. The van der Waals surface area contributed by atoms with Crippen LogP contribution in [0.5, 0.6) is 5.75 Å². The Morgan fingerprint density at radius 3 is 2.35 bits per heavy atom. The SMILES string of the molecule is CCNC(=O)COc1cccc(NC(=O)c2ccc(NC(C)=O)cc2)c1. The van der Waals surface area contributed by atoms with Crippen LogP contribution in [-0.4, -0.2) is 30.9 Å². The van der Waals surface area contributed by atoms with Crippen LogP contribution in [0.3, 0.4) is 0 Å². The van der Waals surface area contributed by atoms with Crippen LogP contribution in [0.25, 0.3) is 0 Å². The average molecular weight is 355 g/mol. The van der Waals surface area contributed by atoms with Gasteiger partial charge in [-0.25, -0.2) is 0 Å². The van der Waals surface area contributed by atoms with Crippen LogP contribution in [0.1, 0.15) is 24.2 Å². The fourth-order valence-corrected chi connectivity index (χ4v) is 2.17. The Kier molecular flexibility index (Phi) is 6.73. The van der Waals surface area contributed by atoms with Crippen LogP contribution in [0.4, 0.5) is 11.4 Å². The average Bonchev–Trinajstić information content (AvgIpc) is 2.61. The molecule has 0 fully saturated rings. The van der Waals surface area contributed by atoms with E-state index >= 15 is 0 Å². The summed E-state index contributed by atoms with van der Waals surface area (Å²) >= 11 is 0. The minimum Gasteiger partial charge on any atom is -0.484 e. The number of anilines is 2. The number of carbonyl (C=O) groups excluding carboxylic acids is 3. The van der Waals surface area contributed by atoms with Gasteiger partial charge in [0.2, 0.25) is 5.91 Å². The molecule has 0 heterocycles. The summed E-state index contributed by atoms with van der Waals surface area (Å²) in [7, 11) is 0. The molecule has 2 aromatic rings. The molecule has 3 N–H and O–H groups in total. The van der Waals surface area contributed by atoms with Crippen molar-refractivity contribution in [3.05, 3.63) is 54.1 Å². The summed E-state index contributed by atoms with van der Waals surface area (Å²) < 4.78 is 5.40. The first-order valence-corrected chi connectivity index (χ1v) is 8.16. The van der Waals surface area contributed by atoms with Crippen molar-refractivity contribution < 1.29 is 19.1 Å². The molecule has 0 aliphatic rings. The molecular weight excluding hydrogens is 334 g/mol. The van der Waals surface area contributed by atoms with E-state index < -0.39 is 0 Å². The molecule has 2 aromatic carbocycles. The number of amides is 3. The second kappa shape index (κ2) is 9.22. The van der Waals surface area contributed by atoms with Gasteiger partial charge in [-0.05, 0) is 43.3 Å². The van der Waals surface area contributed by atoms with E-state index in [0.29, 0.717) is 29.2 Å². The topological polar surface area (TPSA) is 96.5 Å². The zero-order valence-electron chi connectivity index (χ0n) is 14.7. The van der Waals surface area contributed by atoms with Crippen molar-refractivity contribution in [2.75, 3.05) is 23.8 Å². The highest BCUT2D eigenvalue weighted by Crippen LogP contribution is 2.18. The van der Waals surface area contributed by atoms with Gasteiger partial charge in [-0.2, -0.15) is 0 Å². The first-order chi connectivity index (χ1) is 12.5. The zero-order valence-corrected chi connectivity index (χ0v) is 14.7. The molecule has 0 spiro atoms. The smallest absolute Gasteiger partial charge is 0.257 e. The zero-order chi connectivity index (χ0) is 18.9. The highest BCUT2D eigenvalue weighted by Gasteiger charge is 2.08.